The third kappa shape index (κ3) is 1.78. The zero-order valence-electron chi connectivity index (χ0n) is 10.3. The molecule has 96 valence electrons. The Balaban J connectivity index is 1.96. The van der Waals surface area contributed by atoms with Gasteiger partial charge in [0.25, 0.3) is 0 Å². The lowest BCUT2D eigenvalue weighted by atomic mass is 9.97. The van der Waals surface area contributed by atoms with Gasteiger partial charge in [0, 0.05) is 17.3 Å². The molecule has 1 aliphatic carbocycles. The number of hydrogen-bond donors (Lipinski definition) is 0. The molecule has 0 aliphatic heterocycles. The minimum absolute atomic E-state index is 0.738. The first-order chi connectivity index (χ1) is 9.33. The molecule has 0 atom stereocenters. The van der Waals surface area contributed by atoms with Crippen molar-refractivity contribution in [3.63, 3.8) is 0 Å². The predicted molar refractivity (Wildman–Crippen MR) is 78.0 cm³/mol. The summed E-state index contributed by atoms with van der Waals surface area (Å²) in [6.45, 7) is 0. The van der Waals surface area contributed by atoms with Gasteiger partial charge in [0.1, 0.15) is 10.8 Å². The largest absolute Gasteiger partial charge is 0.233 e. The molecular formula is C14H12ClN3S. The highest BCUT2D eigenvalue weighted by Crippen LogP contribution is 2.30. The van der Waals surface area contributed by atoms with Crippen molar-refractivity contribution >= 4 is 28.6 Å². The molecule has 0 unspecified atom stereocenters. The van der Waals surface area contributed by atoms with Crippen molar-refractivity contribution in [3.8, 4) is 10.6 Å². The molecule has 0 aromatic carbocycles. The summed E-state index contributed by atoms with van der Waals surface area (Å²) < 4.78 is 1.78. The van der Waals surface area contributed by atoms with Crippen molar-refractivity contribution in [3.05, 3.63) is 40.0 Å². The smallest absolute Gasteiger partial charge is 0.157 e. The third-order valence-electron chi connectivity index (χ3n) is 3.59. The van der Waals surface area contributed by atoms with Crippen molar-refractivity contribution < 1.29 is 0 Å². The Morgan fingerprint density at radius 2 is 2.16 bits per heavy atom. The van der Waals surface area contributed by atoms with Crippen LogP contribution in [-0.2, 0) is 12.8 Å². The topological polar surface area (TPSA) is 30.2 Å². The Bertz CT molecular complexity index is 746. The Morgan fingerprint density at radius 3 is 3.00 bits per heavy atom. The molecule has 3 heterocycles. The van der Waals surface area contributed by atoms with Gasteiger partial charge < -0.3 is 0 Å². The monoisotopic (exact) mass is 289 g/mol. The second-order valence-electron chi connectivity index (χ2n) is 4.81. The molecule has 5 heteroatoms. The molecule has 0 N–H and O–H groups in total. The van der Waals surface area contributed by atoms with Crippen LogP contribution in [0.1, 0.15) is 24.1 Å². The average molecular weight is 290 g/mol. The fraction of sp³-hybridized carbons (Fsp3) is 0.286. The van der Waals surface area contributed by atoms with Gasteiger partial charge in [-0.1, -0.05) is 17.7 Å². The Kier molecular flexibility index (Phi) is 2.60. The van der Waals surface area contributed by atoms with Crippen LogP contribution in [0.25, 0.3) is 16.2 Å². The Labute approximate surface area is 119 Å². The van der Waals surface area contributed by atoms with Crippen LogP contribution in [0, 0.1) is 0 Å². The first-order valence-corrected chi connectivity index (χ1v) is 7.69. The van der Waals surface area contributed by atoms with Crippen LogP contribution in [-0.4, -0.2) is 14.6 Å². The number of hydrogen-bond acceptors (Lipinski definition) is 3. The van der Waals surface area contributed by atoms with Gasteiger partial charge in [-0.3, -0.25) is 0 Å². The van der Waals surface area contributed by atoms with Crippen LogP contribution in [0.15, 0.2) is 23.6 Å². The van der Waals surface area contributed by atoms with Crippen LogP contribution >= 0.6 is 22.9 Å². The molecule has 0 spiro atoms. The zero-order chi connectivity index (χ0) is 12.8. The minimum atomic E-state index is 0.738. The minimum Gasteiger partial charge on any atom is -0.233 e. The van der Waals surface area contributed by atoms with Gasteiger partial charge in [-0.2, -0.15) is 5.10 Å². The standard InChI is InChI=1S/C14H12ClN3S/c15-14-9-4-1-2-5-10(9)16-13-8-11(17-18(13)14)12-6-3-7-19-12/h3,6-8H,1-2,4-5H2. The summed E-state index contributed by atoms with van der Waals surface area (Å²) in [6, 6.07) is 6.12. The van der Waals surface area contributed by atoms with E-state index in [-0.39, 0.29) is 0 Å². The van der Waals surface area contributed by atoms with Crippen molar-refractivity contribution in [1.29, 1.82) is 0 Å². The van der Waals surface area contributed by atoms with E-state index in [1.54, 1.807) is 15.9 Å². The number of thiophene rings is 1. The number of rotatable bonds is 1. The lowest BCUT2D eigenvalue weighted by Crippen LogP contribution is -2.09. The van der Waals surface area contributed by atoms with E-state index in [1.807, 2.05) is 12.1 Å². The molecule has 19 heavy (non-hydrogen) atoms. The molecular weight excluding hydrogens is 278 g/mol. The van der Waals surface area contributed by atoms with E-state index in [0.717, 1.165) is 39.9 Å². The van der Waals surface area contributed by atoms with E-state index in [1.165, 1.54) is 18.4 Å². The lowest BCUT2D eigenvalue weighted by Gasteiger charge is -2.16. The Hall–Kier alpha value is -1.39. The van der Waals surface area contributed by atoms with E-state index >= 15 is 0 Å². The molecule has 3 aromatic heterocycles. The predicted octanol–water partition coefficient (Wildman–Crippen LogP) is 3.99. The molecule has 0 radical (unpaired) electrons. The maximum Gasteiger partial charge on any atom is 0.157 e. The molecule has 0 saturated carbocycles. The number of nitrogens with zero attached hydrogens (tertiary/aromatic N) is 3. The number of aryl methyl sites for hydroxylation is 1. The van der Waals surface area contributed by atoms with Gasteiger partial charge in [-0.25, -0.2) is 9.50 Å². The third-order valence-corrected chi connectivity index (χ3v) is 4.87. The highest BCUT2D eigenvalue weighted by atomic mass is 35.5. The number of aromatic nitrogens is 3. The molecule has 4 rings (SSSR count). The van der Waals surface area contributed by atoms with Crippen molar-refractivity contribution in [2.45, 2.75) is 25.7 Å². The number of fused-ring (bicyclic) bond motifs is 2. The molecule has 0 saturated heterocycles. The molecule has 0 bridgehead atoms. The summed E-state index contributed by atoms with van der Waals surface area (Å²) in [5, 5.41) is 7.39. The fourth-order valence-electron chi connectivity index (χ4n) is 2.64. The highest BCUT2D eigenvalue weighted by molar-refractivity contribution is 7.13. The quantitative estimate of drug-likeness (QED) is 0.634. The van der Waals surface area contributed by atoms with Gasteiger partial charge in [-0.05, 0) is 37.1 Å². The van der Waals surface area contributed by atoms with Crippen LogP contribution in [0.2, 0.25) is 5.15 Å². The van der Waals surface area contributed by atoms with E-state index in [9.17, 15) is 0 Å². The van der Waals surface area contributed by atoms with Gasteiger partial charge >= 0.3 is 0 Å². The second-order valence-corrected chi connectivity index (χ2v) is 6.12. The van der Waals surface area contributed by atoms with E-state index in [4.69, 9.17) is 16.6 Å². The summed E-state index contributed by atoms with van der Waals surface area (Å²) in [6.07, 6.45) is 4.45. The summed E-state index contributed by atoms with van der Waals surface area (Å²) in [5.74, 6) is 0. The van der Waals surface area contributed by atoms with Crippen LogP contribution < -0.4 is 0 Å². The van der Waals surface area contributed by atoms with Crippen LogP contribution in [0.3, 0.4) is 0 Å². The summed E-state index contributed by atoms with van der Waals surface area (Å²) >= 11 is 8.18. The first kappa shape index (κ1) is 11.4. The van der Waals surface area contributed by atoms with E-state index in [2.05, 4.69) is 16.5 Å². The zero-order valence-corrected chi connectivity index (χ0v) is 11.8. The van der Waals surface area contributed by atoms with Gasteiger partial charge in [-0.15, -0.1) is 11.3 Å². The average Bonchev–Trinajstić information content (AvgIpc) is 3.07. The Morgan fingerprint density at radius 1 is 1.26 bits per heavy atom. The van der Waals surface area contributed by atoms with Gasteiger partial charge in [0.15, 0.2) is 5.65 Å². The summed E-state index contributed by atoms with van der Waals surface area (Å²) in [7, 11) is 0. The van der Waals surface area contributed by atoms with Crippen molar-refractivity contribution in [2.75, 3.05) is 0 Å². The van der Waals surface area contributed by atoms with Crippen LogP contribution in [0.4, 0.5) is 0 Å². The molecule has 3 nitrogen and oxygen atoms in total. The molecule has 3 aromatic rings. The first-order valence-electron chi connectivity index (χ1n) is 6.44. The second kappa shape index (κ2) is 4.32. The van der Waals surface area contributed by atoms with Gasteiger partial charge in [0.05, 0.1) is 4.88 Å². The maximum absolute atomic E-state index is 6.50. The van der Waals surface area contributed by atoms with Gasteiger partial charge in [0.2, 0.25) is 0 Å². The SMILES string of the molecule is Clc1c2c(nc3cc(-c4cccs4)nn13)CCCC2. The van der Waals surface area contributed by atoms with Crippen molar-refractivity contribution in [2.24, 2.45) is 0 Å². The van der Waals surface area contributed by atoms with Crippen molar-refractivity contribution in [1.82, 2.24) is 14.6 Å². The van der Waals surface area contributed by atoms with E-state index in [0.29, 0.717) is 0 Å². The number of halogens is 1. The normalized spacial score (nSPS) is 14.8. The lowest BCUT2D eigenvalue weighted by molar-refractivity contribution is 0.660. The summed E-state index contributed by atoms with van der Waals surface area (Å²) in [4.78, 5) is 5.88. The molecule has 0 amide bonds. The van der Waals surface area contributed by atoms with E-state index < -0.39 is 0 Å². The molecule has 1 aliphatic rings. The summed E-state index contributed by atoms with van der Waals surface area (Å²) in [5.41, 5.74) is 4.14. The molecule has 0 fully saturated rings. The maximum atomic E-state index is 6.50. The van der Waals surface area contributed by atoms with Crippen LogP contribution in [0.5, 0.6) is 0 Å². The fourth-order valence-corrected chi connectivity index (χ4v) is 3.65. The highest BCUT2D eigenvalue weighted by Gasteiger charge is 2.19.